The maximum atomic E-state index is 6.30. The van der Waals surface area contributed by atoms with Gasteiger partial charge in [0.05, 0.1) is 6.61 Å². The maximum absolute atomic E-state index is 6.30. The van der Waals surface area contributed by atoms with Crippen molar-refractivity contribution in [1.82, 2.24) is 0 Å². The van der Waals surface area contributed by atoms with Gasteiger partial charge in [0.1, 0.15) is 5.75 Å². The van der Waals surface area contributed by atoms with E-state index in [1.165, 1.54) is 23.5 Å². The van der Waals surface area contributed by atoms with Crippen LogP contribution in [0.3, 0.4) is 0 Å². The highest BCUT2D eigenvalue weighted by Crippen LogP contribution is 2.33. The molecule has 1 aliphatic rings. The first-order valence-corrected chi connectivity index (χ1v) is 7.03. The Labute approximate surface area is 102 Å². The summed E-state index contributed by atoms with van der Waals surface area (Å²) in [7, 11) is 0. The molecule has 1 heterocycles. The molecule has 0 saturated carbocycles. The van der Waals surface area contributed by atoms with Gasteiger partial charge in [0.2, 0.25) is 0 Å². The van der Waals surface area contributed by atoms with Crippen molar-refractivity contribution in [2.75, 3.05) is 18.1 Å². The van der Waals surface area contributed by atoms with Crippen molar-refractivity contribution in [3.63, 3.8) is 0 Å². The second kappa shape index (κ2) is 5.60. The summed E-state index contributed by atoms with van der Waals surface area (Å²) in [6.07, 6.45) is 1.24. The smallest absolute Gasteiger partial charge is 0.119 e. The van der Waals surface area contributed by atoms with Crippen molar-refractivity contribution in [3.05, 3.63) is 29.8 Å². The number of benzene rings is 1. The van der Waals surface area contributed by atoms with Gasteiger partial charge in [-0.15, -0.1) is 0 Å². The fraction of sp³-hybridized carbons (Fsp3) is 0.538. The predicted molar refractivity (Wildman–Crippen MR) is 70.0 cm³/mol. The zero-order valence-electron chi connectivity index (χ0n) is 9.69. The van der Waals surface area contributed by atoms with Gasteiger partial charge in [-0.1, -0.05) is 12.1 Å². The summed E-state index contributed by atoms with van der Waals surface area (Å²) in [5, 5.41) is 0. The number of hydrogen-bond acceptors (Lipinski definition) is 3. The minimum absolute atomic E-state index is 0.162. The molecule has 2 nitrogen and oxygen atoms in total. The second-order valence-corrected chi connectivity index (χ2v) is 5.30. The third kappa shape index (κ3) is 2.71. The molecule has 1 aromatic carbocycles. The van der Waals surface area contributed by atoms with Crippen LogP contribution in [-0.2, 0) is 0 Å². The van der Waals surface area contributed by atoms with Gasteiger partial charge in [0, 0.05) is 6.04 Å². The van der Waals surface area contributed by atoms with Crippen LogP contribution in [0, 0.1) is 5.92 Å². The van der Waals surface area contributed by atoms with E-state index < -0.39 is 0 Å². The molecule has 2 atom stereocenters. The van der Waals surface area contributed by atoms with Crippen LogP contribution in [0.2, 0.25) is 0 Å². The number of rotatable bonds is 4. The average Bonchev–Trinajstić information content (AvgIpc) is 2.82. The topological polar surface area (TPSA) is 35.2 Å². The van der Waals surface area contributed by atoms with Gasteiger partial charge in [-0.25, -0.2) is 0 Å². The lowest BCUT2D eigenvalue weighted by Gasteiger charge is -2.19. The Balaban J connectivity index is 2.09. The molecule has 16 heavy (non-hydrogen) atoms. The molecule has 2 N–H and O–H groups in total. The van der Waals surface area contributed by atoms with Crippen LogP contribution in [0.1, 0.15) is 24.9 Å². The number of hydrogen-bond donors (Lipinski definition) is 1. The molecule has 1 saturated heterocycles. The molecule has 2 unspecified atom stereocenters. The SMILES string of the molecule is CCOc1cccc(C(N)C2CCSC2)c1. The average molecular weight is 237 g/mol. The van der Waals surface area contributed by atoms with E-state index in [0.717, 1.165) is 5.75 Å². The molecule has 0 aliphatic carbocycles. The summed E-state index contributed by atoms with van der Waals surface area (Å²) in [4.78, 5) is 0. The summed E-state index contributed by atoms with van der Waals surface area (Å²) >= 11 is 2.01. The minimum atomic E-state index is 0.162. The molecule has 0 bridgehead atoms. The summed E-state index contributed by atoms with van der Waals surface area (Å²) in [5.74, 6) is 4.01. The van der Waals surface area contributed by atoms with Crippen molar-refractivity contribution >= 4 is 11.8 Å². The zero-order chi connectivity index (χ0) is 11.4. The molecule has 0 radical (unpaired) electrons. The van der Waals surface area contributed by atoms with Gasteiger partial charge in [0.25, 0.3) is 0 Å². The fourth-order valence-corrected chi connectivity index (χ4v) is 3.40. The third-order valence-electron chi connectivity index (χ3n) is 3.03. The van der Waals surface area contributed by atoms with Crippen LogP contribution in [0.5, 0.6) is 5.75 Å². The lowest BCUT2D eigenvalue weighted by atomic mass is 9.93. The first-order chi connectivity index (χ1) is 7.81. The minimum Gasteiger partial charge on any atom is -0.494 e. The van der Waals surface area contributed by atoms with E-state index in [4.69, 9.17) is 10.5 Å². The standard InChI is InChI=1S/C13H19NOS/c1-2-15-12-5-3-4-10(8-12)13(14)11-6-7-16-9-11/h3-5,8,11,13H,2,6-7,9,14H2,1H3. The van der Waals surface area contributed by atoms with E-state index >= 15 is 0 Å². The highest BCUT2D eigenvalue weighted by molar-refractivity contribution is 7.99. The summed E-state index contributed by atoms with van der Waals surface area (Å²) in [6.45, 7) is 2.71. The van der Waals surface area contributed by atoms with Crippen molar-refractivity contribution in [2.24, 2.45) is 11.7 Å². The van der Waals surface area contributed by atoms with Crippen molar-refractivity contribution in [1.29, 1.82) is 0 Å². The van der Waals surface area contributed by atoms with Crippen LogP contribution in [0.4, 0.5) is 0 Å². The second-order valence-electron chi connectivity index (χ2n) is 4.15. The van der Waals surface area contributed by atoms with E-state index in [-0.39, 0.29) is 6.04 Å². The number of ether oxygens (including phenoxy) is 1. The molecule has 1 fully saturated rings. The zero-order valence-corrected chi connectivity index (χ0v) is 10.5. The normalized spacial score (nSPS) is 22.0. The highest BCUT2D eigenvalue weighted by atomic mass is 32.2. The summed E-state index contributed by atoms with van der Waals surface area (Å²) in [6, 6.07) is 8.37. The van der Waals surface area contributed by atoms with Crippen LogP contribution in [0.25, 0.3) is 0 Å². The predicted octanol–water partition coefficient (Wildman–Crippen LogP) is 2.84. The Hall–Kier alpha value is -0.670. The van der Waals surface area contributed by atoms with Gasteiger partial charge < -0.3 is 10.5 Å². The lowest BCUT2D eigenvalue weighted by Crippen LogP contribution is -2.21. The summed E-state index contributed by atoms with van der Waals surface area (Å²) < 4.78 is 5.50. The monoisotopic (exact) mass is 237 g/mol. The number of thioether (sulfide) groups is 1. The Morgan fingerprint density at radius 2 is 2.44 bits per heavy atom. The fourth-order valence-electron chi connectivity index (χ4n) is 2.09. The number of nitrogens with two attached hydrogens (primary N) is 1. The third-order valence-corrected chi connectivity index (χ3v) is 4.22. The largest absolute Gasteiger partial charge is 0.494 e. The van der Waals surface area contributed by atoms with Gasteiger partial charge in [-0.05, 0) is 48.5 Å². The molecule has 0 aromatic heterocycles. The van der Waals surface area contributed by atoms with E-state index in [2.05, 4.69) is 12.1 Å². The van der Waals surface area contributed by atoms with Gasteiger partial charge in [-0.3, -0.25) is 0 Å². The van der Waals surface area contributed by atoms with Crippen LogP contribution < -0.4 is 10.5 Å². The molecule has 2 rings (SSSR count). The first-order valence-electron chi connectivity index (χ1n) is 5.87. The van der Waals surface area contributed by atoms with E-state index in [9.17, 15) is 0 Å². The van der Waals surface area contributed by atoms with Crippen molar-refractivity contribution in [2.45, 2.75) is 19.4 Å². The summed E-state index contributed by atoms with van der Waals surface area (Å²) in [5.41, 5.74) is 7.50. The van der Waals surface area contributed by atoms with E-state index in [1.807, 2.05) is 30.8 Å². The quantitative estimate of drug-likeness (QED) is 0.874. The Morgan fingerprint density at radius 3 is 3.12 bits per heavy atom. The Morgan fingerprint density at radius 1 is 1.56 bits per heavy atom. The van der Waals surface area contributed by atoms with E-state index in [1.54, 1.807) is 0 Å². The lowest BCUT2D eigenvalue weighted by molar-refractivity contribution is 0.339. The molecule has 3 heteroatoms. The first kappa shape index (κ1) is 11.8. The van der Waals surface area contributed by atoms with E-state index in [0.29, 0.717) is 12.5 Å². The van der Waals surface area contributed by atoms with Gasteiger partial charge >= 0.3 is 0 Å². The Bertz CT molecular complexity index is 336. The molecular formula is C13H19NOS. The van der Waals surface area contributed by atoms with Crippen molar-refractivity contribution < 1.29 is 4.74 Å². The molecule has 88 valence electrons. The molecule has 0 amide bonds. The Kier molecular flexibility index (Phi) is 4.13. The van der Waals surface area contributed by atoms with Crippen LogP contribution in [-0.4, -0.2) is 18.1 Å². The van der Waals surface area contributed by atoms with Crippen molar-refractivity contribution in [3.8, 4) is 5.75 Å². The van der Waals surface area contributed by atoms with Gasteiger partial charge in [0.15, 0.2) is 0 Å². The molecule has 1 aliphatic heterocycles. The van der Waals surface area contributed by atoms with Crippen LogP contribution >= 0.6 is 11.8 Å². The van der Waals surface area contributed by atoms with Crippen LogP contribution in [0.15, 0.2) is 24.3 Å². The highest BCUT2D eigenvalue weighted by Gasteiger charge is 2.23. The molecule has 1 aromatic rings. The maximum Gasteiger partial charge on any atom is 0.119 e. The molecular weight excluding hydrogens is 218 g/mol. The molecule has 0 spiro atoms. The van der Waals surface area contributed by atoms with Gasteiger partial charge in [-0.2, -0.15) is 11.8 Å².